The molecule has 0 radical (unpaired) electrons. The molecule has 0 aromatic heterocycles. The first-order valence-corrected chi connectivity index (χ1v) is 12.3. The average Bonchev–Trinajstić information content (AvgIpc) is 2.83. The number of ether oxygens (including phenoxy) is 2. The molecule has 1 saturated heterocycles. The van der Waals surface area contributed by atoms with E-state index in [0.717, 1.165) is 16.8 Å². The van der Waals surface area contributed by atoms with Crippen LogP contribution in [0, 0.1) is 5.92 Å². The Kier molecular flexibility index (Phi) is 7.97. The number of hydrogen-bond donors (Lipinski definition) is 0. The number of halogens is 2. The van der Waals surface area contributed by atoms with Crippen LogP contribution in [0.2, 0.25) is 10.0 Å². The topological polar surface area (TPSA) is 72.9 Å². The van der Waals surface area contributed by atoms with Crippen LogP contribution in [-0.4, -0.2) is 17.8 Å². The highest BCUT2D eigenvalue weighted by Crippen LogP contribution is 2.47. The molecule has 0 spiro atoms. The number of carbonyl (C=O) groups is 3. The number of amides is 1. The van der Waals surface area contributed by atoms with Gasteiger partial charge in [0.1, 0.15) is 11.9 Å². The second kappa shape index (κ2) is 11.1. The number of benzene rings is 3. The van der Waals surface area contributed by atoms with Gasteiger partial charge in [-0.2, -0.15) is 0 Å². The molecule has 1 heterocycles. The lowest BCUT2D eigenvalue weighted by atomic mass is 9.78. The standard InChI is InChI=1S/C28H25Cl2NO5/c1-17(32)35-24-13-5-20(6-14-24)27-25(28(34)31(27)23-11-9-22(30)10-12-23)15-16-26(36-18(2)33)19-3-7-21(29)8-4-19/h3-14,25-27H,15-16H2,1-2H3/t25?,26-,27?/m0/s1. The fraction of sp³-hybridized carbons (Fsp3) is 0.250. The summed E-state index contributed by atoms with van der Waals surface area (Å²) in [6.07, 6.45) is 0.470. The summed E-state index contributed by atoms with van der Waals surface area (Å²) in [4.78, 5) is 38.2. The van der Waals surface area contributed by atoms with Crippen molar-refractivity contribution in [2.45, 2.75) is 38.8 Å². The minimum atomic E-state index is -0.496. The zero-order chi connectivity index (χ0) is 25.8. The van der Waals surface area contributed by atoms with Crippen molar-refractivity contribution in [3.05, 3.63) is 94.0 Å². The van der Waals surface area contributed by atoms with Gasteiger partial charge in [0.2, 0.25) is 5.91 Å². The first-order valence-electron chi connectivity index (χ1n) is 11.5. The van der Waals surface area contributed by atoms with Gasteiger partial charge in [-0.05, 0) is 72.5 Å². The zero-order valence-electron chi connectivity index (χ0n) is 19.8. The normalized spacial score (nSPS) is 17.8. The Morgan fingerprint density at radius 2 is 1.44 bits per heavy atom. The van der Waals surface area contributed by atoms with Crippen molar-refractivity contribution in [3.63, 3.8) is 0 Å². The summed E-state index contributed by atoms with van der Waals surface area (Å²) in [5.41, 5.74) is 2.46. The fourth-order valence-corrected chi connectivity index (χ4v) is 4.75. The number of rotatable bonds is 8. The van der Waals surface area contributed by atoms with Gasteiger partial charge in [-0.3, -0.25) is 14.4 Å². The van der Waals surface area contributed by atoms with Crippen LogP contribution < -0.4 is 9.64 Å². The molecule has 1 fully saturated rings. The minimum Gasteiger partial charge on any atom is -0.458 e. The highest BCUT2D eigenvalue weighted by atomic mass is 35.5. The van der Waals surface area contributed by atoms with Crippen molar-refractivity contribution < 1.29 is 23.9 Å². The third-order valence-electron chi connectivity index (χ3n) is 6.09. The van der Waals surface area contributed by atoms with Crippen LogP contribution >= 0.6 is 23.2 Å². The number of carbonyl (C=O) groups excluding carboxylic acids is 3. The van der Waals surface area contributed by atoms with E-state index in [1.165, 1.54) is 13.8 Å². The zero-order valence-corrected chi connectivity index (χ0v) is 21.3. The van der Waals surface area contributed by atoms with Crippen molar-refractivity contribution in [2.75, 3.05) is 4.90 Å². The molecule has 2 unspecified atom stereocenters. The molecule has 3 aromatic rings. The average molecular weight is 526 g/mol. The lowest BCUT2D eigenvalue weighted by molar-refractivity contribution is -0.147. The summed E-state index contributed by atoms with van der Waals surface area (Å²) < 4.78 is 10.7. The summed E-state index contributed by atoms with van der Waals surface area (Å²) in [6, 6.07) is 21.2. The van der Waals surface area contributed by atoms with Gasteiger partial charge >= 0.3 is 11.9 Å². The van der Waals surface area contributed by atoms with Gasteiger partial charge in [-0.25, -0.2) is 0 Å². The Hall–Kier alpha value is -3.35. The summed E-state index contributed by atoms with van der Waals surface area (Å²) in [7, 11) is 0. The van der Waals surface area contributed by atoms with E-state index in [4.69, 9.17) is 32.7 Å². The molecule has 0 aliphatic carbocycles. The number of hydrogen-bond acceptors (Lipinski definition) is 5. The van der Waals surface area contributed by atoms with Crippen LogP contribution in [0.15, 0.2) is 72.8 Å². The molecule has 0 N–H and O–H groups in total. The van der Waals surface area contributed by atoms with Crippen molar-refractivity contribution in [3.8, 4) is 5.75 Å². The lowest BCUT2D eigenvalue weighted by Gasteiger charge is -2.48. The molecule has 1 aliphatic rings. The van der Waals surface area contributed by atoms with Gasteiger partial charge < -0.3 is 14.4 Å². The van der Waals surface area contributed by atoms with Crippen LogP contribution in [0.25, 0.3) is 0 Å². The Labute approximate surface area is 219 Å². The quantitative estimate of drug-likeness (QED) is 0.185. The van der Waals surface area contributed by atoms with Gasteiger partial charge in [-0.15, -0.1) is 0 Å². The summed E-state index contributed by atoms with van der Waals surface area (Å²) in [5.74, 6) is -0.713. The monoisotopic (exact) mass is 525 g/mol. The predicted octanol–water partition coefficient (Wildman–Crippen LogP) is 6.71. The maximum absolute atomic E-state index is 13.4. The largest absolute Gasteiger partial charge is 0.458 e. The molecule has 1 aliphatic heterocycles. The maximum Gasteiger partial charge on any atom is 0.308 e. The van der Waals surface area contributed by atoms with E-state index in [0.29, 0.717) is 28.6 Å². The van der Waals surface area contributed by atoms with Crippen LogP contribution in [0.4, 0.5) is 5.69 Å². The van der Waals surface area contributed by atoms with Crippen molar-refractivity contribution >= 4 is 46.7 Å². The Balaban J connectivity index is 1.59. The molecule has 8 heteroatoms. The van der Waals surface area contributed by atoms with E-state index in [1.807, 2.05) is 36.4 Å². The molecule has 186 valence electrons. The van der Waals surface area contributed by atoms with Gasteiger partial charge in [-0.1, -0.05) is 47.5 Å². The molecule has 1 amide bonds. The van der Waals surface area contributed by atoms with E-state index in [9.17, 15) is 14.4 Å². The van der Waals surface area contributed by atoms with Crippen LogP contribution in [0.3, 0.4) is 0 Å². The van der Waals surface area contributed by atoms with Crippen LogP contribution in [-0.2, 0) is 19.1 Å². The second-order valence-corrected chi connectivity index (χ2v) is 9.50. The Morgan fingerprint density at radius 3 is 2.00 bits per heavy atom. The van der Waals surface area contributed by atoms with E-state index in [1.54, 1.807) is 41.3 Å². The van der Waals surface area contributed by atoms with Crippen LogP contribution in [0.1, 0.15) is 50.0 Å². The van der Waals surface area contributed by atoms with Gasteiger partial charge in [0, 0.05) is 29.6 Å². The molecular formula is C28H25Cl2NO5. The van der Waals surface area contributed by atoms with E-state index in [-0.39, 0.29) is 17.9 Å². The highest BCUT2D eigenvalue weighted by Gasteiger charge is 2.48. The van der Waals surface area contributed by atoms with Gasteiger partial charge in [0.15, 0.2) is 0 Å². The Bertz CT molecular complexity index is 1240. The molecule has 0 bridgehead atoms. The smallest absolute Gasteiger partial charge is 0.308 e. The third-order valence-corrected chi connectivity index (χ3v) is 6.60. The summed E-state index contributed by atoms with van der Waals surface area (Å²) >= 11 is 12.1. The second-order valence-electron chi connectivity index (χ2n) is 8.63. The third kappa shape index (κ3) is 5.89. The number of nitrogens with zero attached hydrogens (tertiary/aromatic N) is 1. The van der Waals surface area contributed by atoms with Crippen molar-refractivity contribution in [1.29, 1.82) is 0 Å². The van der Waals surface area contributed by atoms with Crippen molar-refractivity contribution in [2.24, 2.45) is 5.92 Å². The maximum atomic E-state index is 13.4. The van der Waals surface area contributed by atoms with E-state index < -0.39 is 18.0 Å². The van der Waals surface area contributed by atoms with Gasteiger partial charge in [0.05, 0.1) is 12.0 Å². The molecule has 4 rings (SSSR count). The number of β-lactam (4-membered cyclic amide) rings is 1. The SMILES string of the molecule is CC(=O)Oc1ccc(C2C(CC[C@H](OC(C)=O)c3ccc(Cl)cc3)C(=O)N2c2ccc(Cl)cc2)cc1. The van der Waals surface area contributed by atoms with E-state index in [2.05, 4.69) is 0 Å². The van der Waals surface area contributed by atoms with Crippen LogP contribution in [0.5, 0.6) is 5.75 Å². The van der Waals surface area contributed by atoms with Gasteiger partial charge in [0.25, 0.3) is 0 Å². The Morgan fingerprint density at radius 1 is 0.861 bits per heavy atom. The highest BCUT2D eigenvalue weighted by molar-refractivity contribution is 6.30. The molecule has 0 saturated carbocycles. The first-order chi connectivity index (χ1) is 17.2. The number of esters is 2. The molecule has 36 heavy (non-hydrogen) atoms. The lowest BCUT2D eigenvalue weighted by Crippen LogP contribution is -2.55. The number of anilines is 1. The minimum absolute atomic E-state index is 0.0240. The molecule has 3 atom stereocenters. The van der Waals surface area contributed by atoms with E-state index >= 15 is 0 Å². The molecular weight excluding hydrogens is 501 g/mol. The molecule has 6 nitrogen and oxygen atoms in total. The summed E-state index contributed by atoms with van der Waals surface area (Å²) in [6.45, 7) is 2.71. The van der Waals surface area contributed by atoms with Crippen molar-refractivity contribution in [1.82, 2.24) is 0 Å². The first kappa shape index (κ1) is 25.7. The fourth-order valence-electron chi connectivity index (χ4n) is 4.50. The molecule has 3 aromatic carbocycles. The summed E-state index contributed by atoms with van der Waals surface area (Å²) in [5, 5.41) is 1.17. The predicted molar refractivity (Wildman–Crippen MR) is 138 cm³/mol.